The minimum atomic E-state index is -1.22. The van der Waals surface area contributed by atoms with Gasteiger partial charge < -0.3 is 15.4 Å². The predicted molar refractivity (Wildman–Crippen MR) is 146 cm³/mol. The fraction of sp³-hybridized carbons (Fsp3) is 0.276. The zero-order chi connectivity index (χ0) is 25.4. The van der Waals surface area contributed by atoms with E-state index in [1.54, 1.807) is 30.0 Å². The van der Waals surface area contributed by atoms with Crippen molar-refractivity contribution in [3.8, 4) is 0 Å². The summed E-state index contributed by atoms with van der Waals surface area (Å²) in [7, 11) is 0. The van der Waals surface area contributed by atoms with Crippen LogP contribution in [-0.4, -0.2) is 28.5 Å². The van der Waals surface area contributed by atoms with Crippen LogP contribution in [0.4, 0.5) is 4.39 Å². The Morgan fingerprint density at radius 2 is 1.89 bits per heavy atom. The van der Waals surface area contributed by atoms with Crippen molar-refractivity contribution in [3.63, 3.8) is 0 Å². The zero-order valence-corrected chi connectivity index (χ0v) is 21.7. The van der Waals surface area contributed by atoms with Crippen LogP contribution in [0.1, 0.15) is 47.1 Å². The van der Waals surface area contributed by atoms with Crippen molar-refractivity contribution in [1.29, 1.82) is 0 Å². The second-order valence-corrected chi connectivity index (χ2v) is 10.9. The van der Waals surface area contributed by atoms with E-state index in [4.69, 9.17) is 11.6 Å². The Bertz CT molecular complexity index is 1470. The van der Waals surface area contributed by atoms with E-state index in [-0.39, 0.29) is 17.4 Å². The lowest BCUT2D eigenvalue weighted by Crippen LogP contribution is -2.49. The minimum absolute atomic E-state index is 0.179. The summed E-state index contributed by atoms with van der Waals surface area (Å²) in [5, 5.41) is 17.3. The Morgan fingerprint density at radius 1 is 1.11 bits per heavy atom. The molecule has 7 heteroatoms. The smallest absolute Gasteiger partial charge is 0.252 e. The first-order valence-electron chi connectivity index (χ1n) is 12.0. The van der Waals surface area contributed by atoms with Gasteiger partial charge in [0.1, 0.15) is 5.82 Å². The molecule has 1 aromatic heterocycles. The first-order chi connectivity index (χ1) is 17.3. The van der Waals surface area contributed by atoms with Crippen LogP contribution in [0.25, 0.3) is 10.9 Å². The molecule has 0 amide bonds. The fourth-order valence-electron chi connectivity index (χ4n) is 5.48. The molecule has 0 radical (unpaired) electrons. The Hall–Kier alpha value is -2.64. The van der Waals surface area contributed by atoms with E-state index >= 15 is 0 Å². The number of pyridine rings is 1. The lowest BCUT2D eigenvalue weighted by Gasteiger charge is -2.43. The van der Waals surface area contributed by atoms with Crippen molar-refractivity contribution in [2.75, 3.05) is 12.8 Å². The van der Waals surface area contributed by atoms with E-state index < -0.39 is 11.5 Å². The second kappa shape index (κ2) is 10.0. The molecular weight excluding hydrogens is 495 g/mol. The molecule has 1 saturated heterocycles. The number of aromatic nitrogens is 1. The monoisotopic (exact) mass is 522 g/mol. The summed E-state index contributed by atoms with van der Waals surface area (Å²) in [6.45, 7) is 2.44. The molecule has 3 N–H and O–H groups in total. The van der Waals surface area contributed by atoms with Gasteiger partial charge in [0.2, 0.25) is 0 Å². The zero-order valence-electron chi connectivity index (χ0n) is 20.1. The highest BCUT2D eigenvalue weighted by Crippen LogP contribution is 2.44. The maximum Gasteiger partial charge on any atom is 0.252 e. The minimum Gasteiger partial charge on any atom is -0.389 e. The van der Waals surface area contributed by atoms with Crippen LogP contribution in [0.2, 0.25) is 5.02 Å². The number of piperidine rings is 1. The maximum atomic E-state index is 13.8. The average Bonchev–Trinajstić information content (AvgIpc) is 2.85. The van der Waals surface area contributed by atoms with Gasteiger partial charge in [0.05, 0.1) is 5.60 Å². The van der Waals surface area contributed by atoms with Gasteiger partial charge in [-0.25, -0.2) is 4.39 Å². The van der Waals surface area contributed by atoms with Crippen LogP contribution in [0, 0.1) is 12.7 Å². The van der Waals surface area contributed by atoms with Crippen molar-refractivity contribution in [2.24, 2.45) is 0 Å². The Balaban J connectivity index is 1.64. The summed E-state index contributed by atoms with van der Waals surface area (Å²) in [5.74, 6) is -0.861. The number of aryl methyl sites for hydroxylation is 1. The van der Waals surface area contributed by atoms with Crippen molar-refractivity contribution in [3.05, 3.63) is 110 Å². The van der Waals surface area contributed by atoms with Gasteiger partial charge in [-0.1, -0.05) is 29.8 Å². The second-order valence-electron chi connectivity index (χ2n) is 9.56. The molecule has 5 rings (SSSR count). The largest absolute Gasteiger partial charge is 0.389 e. The lowest BCUT2D eigenvalue weighted by molar-refractivity contribution is -0.0194. The third-order valence-corrected chi connectivity index (χ3v) is 8.22. The molecule has 0 spiro atoms. The molecule has 4 aromatic rings. The molecule has 1 aliphatic rings. The number of halogens is 2. The topological polar surface area (TPSA) is 65.1 Å². The summed E-state index contributed by atoms with van der Waals surface area (Å²) >= 11 is 7.82. The summed E-state index contributed by atoms with van der Waals surface area (Å²) < 4.78 is 13.8. The van der Waals surface area contributed by atoms with E-state index in [9.17, 15) is 14.3 Å². The molecule has 0 saturated carbocycles. The van der Waals surface area contributed by atoms with Crippen LogP contribution in [-0.2, 0) is 0 Å². The van der Waals surface area contributed by atoms with Crippen molar-refractivity contribution >= 4 is 34.3 Å². The lowest BCUT2D eigenvalue weighted by atomic mass is 9.70. The van der Waals surface area contributed by atoms with Gasteiger partial charge in [-0.15, -0.1) is 11.8 Å². The number of hydrogen-bond acceptors (Lipinski definition) is 4. The summed E-state index contributed by atoms with van der Waals surface area (Å²) in [5.41, 5.74) is 2.43. The Labute approximate surface area is 218 Å². The number of aromatic amines is 1. The molecule has 0 aliphatic carbocycles. The molecule has 3 unspecified atom stereocenters. The van der Waals surface area contributed by atoms with E-state index in [1.807, 2.05) is 43.5 Å². The fourth-order valence-corrected chi connectivity index (χ4v) is 6.06. The highest BCUT2D eigenvalue weighted by molar-refractivity contribution is 7.98. The number of benzene rings is 3. The van der Waals surface area contributed by atoms with Crippen LogP contribution < -0.4 is 10.9 Å². The van der Waals surface area contributed by atoms with Gasteiger partial charge >= 0.3 is 0 Å². The third-order valence-electron chi connectivity index (χ3n) is 7.25. The van der Waals surface area contributed by atoms with Crippen molar-refractivity contribution in [2.45, 2.75) is 42.2 Å². The predicted octanol–water partition coefficient (Wildman–Crippen LogP) is 6.34. The molecule has 186 valence electrons. The van der Waals surface area contributed by atoms with Crippen LogP contribution in [0.15, 0.2) is 76.4 Å². The Morgan fingerprint density at radius 3 is 2.61 bits per heavy atom. The number of nitrogens with one attached hydrogen (secondary N) is 2. The first-order valence-corrected chi connectivity index (χ1v) is 13.6. The van der Waals surface area contributed by atoms with E-state index in [2.05, 4.69) is 16.4 Å². The van der Waals surface area contributed by atoms with Gasteiger partial charge in [0.15, 0.2) is 0 Å². The van der Waals surface area contributed by atoms with Gasteiger partial charge in [0.25, 0.3) is 5.56 Å². The van der Waals surface area contributed by atoms with Gasteiger partial charge in [-0.05, 0) is 103 Å². The highest BCUT2D eigenvalue weighted by atomic mass is 35.5. The first kappa shape index (κ1) is 25.0. The van der Waals surface area contributed by atoms with Gasteiger partial charge in [-0.3, -0.25) is 4.79 Å². The average molecular weight is 523 g/mol. The number of rotatable bonds is 5. The van der Waals surface area contributed by atoms with E-state index in [0.717, 1.165) is 32.5 Å². The summed E-state index contributed by atoms with van der Waals surface area (Å²) in [6.07, 6.45) is 2.84. The molecule has 3 aromatic carbocycles. The molecule has 1 aliphatic heterocycles. The van der Waals surface area contributed by atoms with E-state index in [1.165, 1.54) is 12.1 Å². The van der Waals surface area contributed by atoms with Gasteiger partial charge in [0, 0.05) is 33.0 Å². The number of thioether (sulfide) groups is 1. The molecule has 2 heterocycles. The quantitative estimate of drug-likeness (QED) is 0.268. The maximum absolute atomic E-state index is 13.8. The SMILES string of the molecule is CSc1ccc2[nH]c(=O)c(C(c3ccc(Cl)cc3)C3(O)CCNC(c4ccc(F)cc4C)C3)cc2c1. The summed E-state index contributed by atoms with van der Waals surface area (Å²) in [4.78, 5) is 17.6. The molecular formula is C29H28ClFN2O2S. The molecule has 36 heavy (non-hydrogen) atoms. The molecule has 3 atom stereocenters. The van der Waals surface area contributed by atoms with Gasteiger partial charge in [-0.2, -0.15) is 0 Å². The standard InChI is InChI=1S/C29H28ClFN2O2S/c1-17-13-21(31)7-9-23(17)26-16-29(35,11-12-32-26)27(18-3-5-20(30)6-4-18)24-15-19-14-22(36-2)8-10-25(19)33-28(24)34/h3-10,13-15,26-27,32,35H,11-12,16H2,1-2H3,(H,33,34). The number of aliphatic hydroxyl groups is 1. The van der Waals surface area contributed by atoms with Crippen molar-refractivity contribution < 1.29 is 9.50 Å². The van der Waals surface area contributed by atoms with Crippen LogP contribution in [0.3, 0.4) is 0 Å². The highest BCUT2D eigenvalue weighted by Gasteiger charge is 2.44. The van der Waals surface area contributed by atoms with E-state index in [0.29, 0.717) is 30.0 Å². The molecule has 1 fully saturated rings. The van der Waals surface area contributed by atoms with Crippen molar-refractivity contribution in [1.82, 2.24) is 10.3 Å². The molecule has 4 nitrogen and oxygen atoms in total. The molecule has 0 bridgehead atoms. The number of hydrogen-bond donors (Lipinski definition) is 3. The van der Waals surface area contributed by atoms with Crippen LogP contribution >= 0.6 is 23.4 Å². The number of H-pyrrole nitrogens is 1. The third kappa shape index (κ3) is 4.83. The summed E-state index contributed by atoms with van der Waals surface area (Å²) in [6, 6.07) is 19.8. The normalized spacial score (nSPS) is 21.0. The number of fused-ring (bicyclic) bond motifs is 1. The Kier molecular flexibility index (Phi) is 6.97. The van der Waals surface area contributed by atoms with Crippen LogP contribution in [0.5, 0.6) is 0 Å².